The number of hydrogen-bond donors (Lipinski definition) is 1. The molecule has 0 radical (unpaired) electrons. The highest BCUT2D eigenvalue weighted by Gasteiger charge is 1.95. The van der Waals surface area contributed by atoms with Gasteiger partial charge in [0.2, 0.25) is 0 Å². The fourth-order valence-corrected chi connectivity index (χ4v) is 1.11. The van der Waals surface area contributed by atoms with Gasteiger partial charge in [-0.1, -0.05) is 17.2 Å². The minimum atomic E-state index is -0.217. The van der Waals surface area contributed by atoms with Crippen LogP contribution in [0, 0.1) is 0 Å². The van der Waals surface area contributed by atoms with E-state index in [1.807, 2.05) is 13.8 Å². The molecule has 0 fully saturated rings. The Morgan fingerprint density at radius 1 is 1.50 bits per heavy atom. The van der Waals surface area contributed by atoms with Crippen LogP contribution < -0.4 is 0 Å². The van der Waals surface area contributed by atoms with Crippen molar-refractivity contribution in [2.45, 2.75) is 46.1 Å². The van der Waals surface area contributed by atoms with Gasteiger partial charge in [-0.3, -0.25) is 0 Å². The first-order chi connectivity index (χ1) is 5.52. The maximum Gasteiger partial charge on any atom is 0.0549 e. The van der Waals surface area contributed by atoms with Crippen molar-refractivity contribution in [3.05, 3.63) is 23.8 Å². The van der Waals surface area contributed by atoms with Gasteiger partial charge < -0.3 is 5.11 Å². The number of aliphatic hydroxyl groups is 1. The van der Waals surface area contributed by atoms with E-state index in [-0.39, 0.29) is 6.10 Å². The molecular weight excluding hydrogens is 148 g/mol. The van der Waals surface area contributed by atoms with Gasteiger partial charge in [-0.05, 0) is 40.0 Å². The summed E-state index contributed by atoms with van der Waals surface area (Å²) in [6, 6.07) is 0. The molecule has 1 heteroatoms. The molecule has 0 aliphatic rings. The van der Waals surface area contributed by atoms with Crippen LogP contribution in [0.1, 0.15) is 40.0 Å². The molecule has 1 N–H and O–H groups in total. The first kappa shape index (κ1) is 11.4. The third kappa shape index (κ3) is 7.55. The molecule has 0 aromatic rings. The van der Waals surface area contributed by atoms with Crippen LogP contribution >= 0.6 is 0 Å². The van der Waals surface area contributed by atoms with E-state index in [9.17, 15) is 0 Å². The lowest BCUT2D eigenvalue weighted by Gasteiger charge is -2.03. The molecule has 1 unspecified atom stereocenters. The van der Waals surface area contributed by atoms with Gasteiger partial charge in [0, 0.05) is 0 Å². The molecule has 1 atom stereocenters. The lowest BCUT2D eigenvalue weighted by Crippen LogP contribution is -1.99. The molecule has 0 aromatic heterocycles. The monoisotopic (exact) mass is 168 g/mol. The van der Waals surface area contributed by atoms with Gasteiger partial charge in [0.15, 0.2) is 0 Å². The van der Waals surface area contributed by atoms with E-state index in [4.69, 9.17) is 5.11 Å². The Labute approximate surface area is 75.8 Å². The van der Waals surface area contributed by atoms with E-state index in [1.165, 1.54) is 11.1 Å². The molecule has 12 heavy (non-hydrogen) atoms. The summed E-state index contributed by atoms with van der Waals surface area (Å²) >= 11 is 0. The molecule has 0 saturated heterocycles. The van der Waals surface area contributed by atoms with Crippen molar-refractivity contribution in [2.75, 3.05) is 0 Å². The van der Waals surface area contributed by atoms with Crippen molar-refractivity contribution in [3.8, 4) is 0 Å². The SMILES string of the molecule is C=C(C)CC/C=C(\C)CC(C)O. The average molecular weight is 168 g/mol. The molecule has 0 amide bonds. The maximum atomic E-state index is 9.07. The van der Waals surface area contributed by atoms with E-state index >= 15 is 0 Å². The maximum absolute atomic E-state index is 9.07. The van der Waals surface area contributed by atoms with Crippen LogP contribution in [0.15, 0.2) is 23.8 Å². The lowest BCUT2D eigenvalue weighted by molar-refractivity contribution is 0.195. The Morgan fingerprint density at radius 2 is 2.08 bits per heavy atom. The third-order valence-corrected chi connectivity index (χ3v) is 1.68. The number of aliphatic hydroxyl groups excluding tert-OH is 1. The van der Waals surface area contributed by atoms with Gasteiger partial charge >= 0.3 is 0 Å². The highest BCUT2D eigenvalue weighted by molar-refractivity contribution is 5.01. The molecule has 0 aromatic carbocycles. The minimum absolute atomic E-state index is 0.217. The summed E-state index contributed by atoms with van der Waals surface area (Å²) in [5, 5.41) is 9.07. The largest absolute Gasteiger partial charge is 0.393 e. The van der Waals surface area contributed by atoms with Crippen LogP contribution in [0.3, 0.4) is 0 Å². The van der Waals surface area contributed by atoms with Crippen LogP contribution in [0.4, 0.5) is 0 Å². The Morgan fingerprint density at radius 3 is 2.50 bits per heavy atom. The highest BCUT2D eigenvalue weighted by Crippen LogP contribution is 2.08. The van der Waals surface area contributed by atoms with Crippen molar-refractivity contribution in [1.29, 1.82) is 0 Å². The van der Waals surface area contributed by atoms with Crippen LogP contribution in [-0.2, 0) is 0 Å². The van der Waals surface area contributed by atoms with Gasteiger partial charge in [-0.2, -0.15) is 0 Å². The Bertz CT molecular complexity index is 166. The van der Waals surface area contributed by atoms with Crippen LogP contribution in [-0.4, -0.2) is 11.2 Å². The second kappa shape index (κ2) is 6.01. The average Bonchev–Trinajstić information content (AvgIpc) is 1.84. The second-order valence-corrected chi connectivity index (χ2v) is 3.60. The van der Waals surface area contributed by atoms with E-state index in [2.05, 4.69) is 19.6 Å². The zero-order valence-corrected chi connectivity index (χ0v) is 8.43. The Hall–Kier alpha value is -0.560. The molecule has 1 nitrogen and oxygen atoms in total. The number of allylic oxidation sites excluding steroid dienone is 2. The summed E-state index contributed by atoms with van der Waals surface area (Å²) in [5.41, 5.74) is 2.49. The molecule has 0 aliphatic carbocycles. The van der Waals surface area contributed by atoms with Crippen molar-refractivity contribution in [2.24, 2.45) is 0 Å². The smallest absolute Gasteiger partial charge is 0.0549 e. The van der Waals surface area contributed by atoms with Gasteiger partial charge in [0.1, 0.15) is 0 Å². The zero-order chi connectivity index (χ0) is 9.56. The molecule has 0 rings (SSSR count). The number of hydrogen-bond acceptors (Lipinski definition) is 1. The first-order valence-electron chi connectivity index (χ1n) is 4.50. The fourth-order valence-electron chi connectivity index (χ4n) is 1.11. The molecular formula is C11H20O. The summed E-state index contributed by atoms with van der Waals surface area (Å²) in [6.07, 6.45) is 4.86. The quantitative estimate of drug-likeness (QED) is 0.625. The third-order valence-electron chi connectivity index (χ3n) is 1.68. The molecule has 0 bridgehead atoms. The van der Waals surface area contributed by atoms with Gasteiger partial charge in [0.05, 0.1) is 6.10 Å². The minimum Gasteiger partial charge on any atom is -0.393 e. The number of rotatable bonds is 5. The summed E-state index contributed by atoms with van der Waals surface area (Å²) < 4.78 is 0. The van der Waals surface area contributed by atoms with Crippen LogP contribution in [0.5, 0.6) is 0 Å². The van der Waals surface area contributed by atoms with Crippen molar-refractivity contribution in [1.82, 2.24) is 0 Å². The van der Waals surface area contributed by atoms with Crippen molar-refractivity contribution in [3.63, 3.8) is 0 Å². The van der Waals surface area contributed by atoms with E-state index in [1.54, 1.807) is 0 Å². The molecule has 0 spiro atoms. The van der Waals surface area contributed by atoms with Gasteiger partial charge in [-0.15, -0.1) is 6.58 Å². The van der Waals surface area contributed by atoms with Crippen LogP contribution in [0.25, 0.3) is 0 Å². The predicted molar refractivity (Wildman–Crippen MR) is 54.1 cm³/mol. The molecule has 0 saturated carbocycles. The summed E-state index contributed by atoms with van der Waals surface area (Å²) in [4.78, 5) is 0. The first-order valence-corrected chi connectivity index (χ1v) is 4.50. The normalized spacial score (nSPS) is 14.5. The predicted octanol–water partition coefficient (Wildman–Crippen LogP) is 3.06. The summed E-state index contributed by atoms with van der Waals surface area (Å²) in [7, 11) is 0. The zero-order valence-electron chi connectivity index (χ0n) is 8.43. The van der Waals surface area contributed by atoms with E-state index < -0.39 is 0 Å². The topological polar surface area (TPSA) is 20.2 Å². The Balaban J connectivity index is 3.62. The fraction of sp³-hybridized carbons (Fsp3) is 0.636. The van der Waals surface area contributed by atoms with Crippen molar-refractivity contribution < 1.29 is 5.11 Å². The van der Waals surface area contributed by atoms with Crippen molar-refractivity contribution >= 4 is 0 Å². The highest BCUT2D eigenvalue weighted by atomic mass is 16.3. The van der Waals surface area contributed by atoms with Gasteiger partial charge in [-0.25, -0.2) is 0 Å². The summed E-state index contributed by atoms with van der Waals surface area (Å²) in [5.74, 6) is 0. The van der Waals surface area contributed by atoms with Gasteiger partial charge in [0.25, 0.3) is 0 Å². The molecule has 0 heterocycles. The standard InChI is InChI=1S/C11H20O/c1-9(2)6-5-7-10(3)8-11(4)12/h7,11-12H,1,5-6,8H2,2-4H3/b10-7+. The lowest BCUT2D eigenvalue weighted by atomic mass is 10.1. The second-order valence-electron chi connectivity index (χ2n) is 3.60. The summed E-state index contributed by atoms with van der Waals surface area (Å²) in [6.45, 7) is 9.75. The van der Waals surface area contributed by atoms with E-state index in [0.717, 1.165) is 19.3 Å². The molecule has 70 valence electrons. The van der Waals surface area contributed by atoms with E-state index in [0.29, 0.717) is 0 Å². The Kier molecular flexibility index (Phi) is 5.73. The molecule has 0 aliphatic heterocycles. The van der Waals surface area contributed by atoms with Crippen LogP contribution in [0.2, 0.25) is 0 Å².